The van der Waals surface area contributed by atoms with E-state index < -0.39 is 0 Å². The van der Waals surface area contributed by atoms with Crippen molar-refractivity contribution in [3.8, 4) is 0 Å². The molecule has 0 aliphatic carbocycles. The van der Waals surface area contributed by atoms with Crippen molar-refractivity contribution < 1.29 is 0 Å². The topological polar surface area (TPSA) is 58.3 Å². The number of hydrogen-bond acceptors (Lipinski definition) is 5. The fraction of sp³-hybridized carbons (Fsp3) is 0.500. The zero-order valence-electron chi connectivity index (χ0n) is 15.2. The maximum absolute atomic E-state index is 6.07. The number of rotatable bonds is 2. The molecule has 0 saturated carbocycles. The molecule has 0 radical (unpaired) electrons. The van der Waals surface area contributed by atoms with E-state index >= 15 is 0 Å². The van der Waals surface area contributed by atoms with Gasteiger partial charge in [0.05, 0.1) is 0 Å². The van der Waals surface area contributed by atoms with Gasteiger partial charge in [-0.3, -0.25) is 0 Å². The third-order valence-electron chi connectivity index (χ3n) is 5.60. The molecule has 0 atom stereocenters. The first-order valence-corrected chi connectivity index (χ1v) is 9.29. The SMILES string of the molecule is Cc1nc(N2CCc3ccccc3C2)nc(N2CCC(N)CC2)c1C. The molecule has 1 saturated heterocycles. The maximum Gasteiger partial charge on any atom is 0.227 e. The van der Waals surface area contributed by atoms with Crippen LogP contribution < -0.4 is 15.5 Å². The normalized spacial score (nSPS) is 18.4. The van der Waals surface area contributed by atoms with E-state index in [0.717, 1.165) is 62.9 Å². The van der Waals surface area contributed by atoms with Gasteiger partial charge in [-0.2, -0.15) is 4.98 Å². The van der Waals surface area contributed by atoms with E-state index in [0.29, 0.717) is 6.04 Å². The molecule has 0 amide bonds. The van der Waals surface area contributed by atoms with Gasteiger partial charge in [0.25, 0.3) is 0 Å². The first-order chi connectivity index (χ1) is 12.1. The fourth-order valence-corrected chi connectivity index (χ4v) is 3.83. The van der Waals surface area contributed by atoms with Crippen LogP contribution in [0.4, 0.5) is 11.8 Å². The van der Waals surface area contributed by atoms with Crippen molar-refractivity contribution in [3.63, 3.8) is 0 Å². The molecule has 0 bridgehead atoms. The second-order valence-corrected chi connectivity index (χ2v) is 7.32. The molecule has 5 nitrogen and oxygen atoms in total. The minimum absolute atomic E-state index is 0.331. The van der Waals surface area contributed by atoms with E-state index in [-0.39, 0.29) is 0 Å². The van der Waals surface area contributed by atoms with Gasteiger partial charge in [-0.05, 0) is 44.2 Å². The molecule has 1 fully saturated rings. The first-order valence-electron chi connectivity index (χ1n) is 9.29. The van der Waals surface area contributed by atoms with Crippen molar-refractivity contribution in [1.29, 1.82) is 0 Å². The van der Waals surface area contributed by atoms with Crippen LogP contribution in [0.1, 0.15) is 35.2 Å². The minimum Gasteiger partial charge on any atom is -0.356 e. The van der Waals surface area contributed by atoms with Gasteiger partial charge in [0, 0.05) is 43.5 Å². The number of nitrogens with zero attached hydrogens (tertiary/aromatic N) is 4. The number of benzene rings is 1. The van der Waals surface area contributed by atoms with Crippen molar-refractivity contribution in [2.75, 3.05) is 29.4 Å². The maximum atomic E-state index is 6.07. The highest BCUT2D eigenvalue weighted by Crippen LogP contribution is 2.28. The molecule has 5 heteroatoms. The zero-order chi connectivity index (χ0) is 17.4. The summed E-state index contributed by atoms with van der Waals surface area (Å²) in [7, 11) is 0. The highest BCUT2D eigenvalue weighted by molar-refractivity contribution is 5.53. The Bertz CT molecular complexity index is 765. The number of piperidine rings is 1. The molecule has 1 aromatic heterocycles. The predicted molar refractivity (Wildman–Crippen MR) is 102 cm³/mol. The van der Waals surface area contributed by atoms with Crippen molar-refractivity contribution >= 4 is 11.8 Å². The second kappa shape index (κ2) is 6.64. The average Bonchev–Trinajstić information content (AvgIpc) is 2.64. The molecule has 0 spiro atoms. The second-order valence-electron chi connectivity index (χ2n) is 7.32. The monoisotopic (exact) mass is 337 g/mol. The van der Waals surface area contributed by atoms with E-state index in [4.69, 9.17) is 15.7 Å². The smallest absolute Gasteiger partial charge is 0.227 e. The Balaban J connectivity index is 1.63. The van der Waals surface area contributed by atoms with Crippen LogP contribution in [0.15, 0.2) is 24.3 Å². The minimum atomic E-state index is 0.331. The van der Waals surface area contributed by atoms with Crippen LogP contribution in [-0.2, 0) is 13.0 Å². The summed E-state index contributed by atoms with van der Waals surface area (Å²) < 4.78 is 0. The third-order valence-corrected chi connectivity index (χ3v) is 5.60. The number of nitrogens with two attached hydrogens (primary N) is 1. The van der Waals surface area contributed by atoms with Gasteiger partial charge < -0.3 is 15.5 Å². The molecule has 25 heavy (non-hydrogen) atoms. The van der Waals surface area contributed by atoms with Crippen LogP contribution in [0.25, 0.3) is 0 Å². The summed E-state index contributed by atoms with van der Waals surface area (Å²) in [5.41, 5.74) is 11.2. The summed E-state index contributed by atoms with van der Waals surface area (Å²) in [4.78, 5) is 14.5. The molecule has 2 aliphatic heterocycles. The molecule has 132 valence electrons. The summed E-state index contributed by atoms with van der Waals surface area (Å²) in [6, 6.07) is 9.02. The Morgan fingerprint density at radius 2 is 1.68 bits per heavy atom. The quantitative estimate of drug-likeness (QED) is 0.913. The van der Waals surface area contributed by atoms with Gasteiger partial charge >= 0.3 is 0 Å². The van der Waals surface area contributed by atoms with Crippen molar-refractivity contribution in [2.45, 2.75) is 45.7 Å². The summed E-state index contributed by atoms with van der Waals surface area (Å²) in [6.07, 6.45) is 3.13. The van der Waals surface area contributed by atoms with Gasteiger partial charge in [-0.15, -0.1) is 0 Å². The number of aromatic nitrogens is 2. The van der Waals surface area contributed by atoms with Crippen molar-refractivity contribution in [3.05, 3.63) is 46.6 Å². The lowest BCUT2D eigenvalue weighted by atomic mass is 10.0. The van der Waals surface area contributed by atoms with Crippen LogP contribution in [0.2, 0.25) is 0 Å². The molecular formula is C20H27N5. The highest BCUT2D eigenvalue weighted by atomic mass is 15.3. The lowest BCUT2D eigenvalue weighted by Crippen LogP contribution is -2.41. The highest BCUT2D eigenvalue weighted by Gasteiger charge is 2.23. The largest absolute Gasteiger partial charge is 0.356 e. The molecule has 4 rings (SSSR count). The molecule has 3 heterocycles. The molecule has 2 N–H and O–H groups in total. The van der Waals surface area contributed by atoms with E-state index in [2.05, 4.69) is 47.9 Å². The Kier molecular flexibility index (Phi) is 4.34. The lowest BCUT2D eigenvalue weighted by Gasteiger charge is -2.34. The van der Waals surface area contributed by atoms with Gasteiger partial charge in [-0.1, -0.05) is 24.3 Å². The summed E-state index contributed by atoms with van der Waals surface area (Å²) in [5.74, 6) is 1.95. The van der Waals surface area contributed by atoms with E-state index in [9.17, 15) is 0 Å². The molecule has 0 unspecified atom stereocenters. The van der Waals surface area contributed by atoms with Gasteiger partial charge in [-0.25, -0.2) is 4.98 Å². The van der Waals surface area contributed by atoms with Gasteiger partial charge in [0.1, 0.15) is 5.82 Å². The number of anilines is 2. The van der Waals surface area contributed by atoms with Crippen LogP contribution in [-0.4, -0.2) is 35.6 Å². The van der Waals surface area contributed by atoms with E-state index in [1.807, 2.05) is 0 Å². The van der Waals surface area contributed by atoms with Crippen molar-refractivity contribution in [1.82, 2.24) is 9.97 Å². The average molecular weight is 337 g/mol. The number of aryl methyl sites for hydroxylation is 1. The van der Waals surface area contributed by atoms with Crippen LogP contribution in [0.5, 0.6) is 0 Å². The zero-order valence-corrected chi connectivity index (χ0v) is 15.2. The number of fused-ring (bicyclic) bond motifs is 1. The Morgan fingerprint density at radius 3 is 2.44 bits per heavy atom. The van der Waals surface area contributed by atoms with Crippen LogP contribution >= 0.6 is 0 Å². The van der Waals surface area contributed by atoms with E-state index in [1.54, 1.807) is 0 Å². The summed E-state index contributed by atoms with van der Waals surface area (Å²) in [5, 5.41) is 0. The Morgan fingerprint density at radius 1 is 0.960 bits per heavy atom. The molecule has 2 aliphatic rings. The lowest BCUT2D eigenvalue weighted by molar-refractivity contribution is 0.497. The summed E-state index contributed by atoms with van der Waals surface area (Å²) in [6.45, 7) is 8.07. The van der Waals surface area contributed by atoms with Gasteiger partial charge in [0.15, 0.2) is 0 Å². The summed E-state index contributed by atoms with van der Waals surface area (Å²) >= 11 is 0. The molecule has 2 aromatic rings. The van der Waals surface area contributed by atoms with E-state index in [1.165, 1.54) is 16.7 Å². The van der Waals surface area contributed by atoms with Crippen LogP contribution in [0, 0.1) is 13.8 Å². The third kappa shape index (κ3) is 3.21. The standard InChI is InChI=1S/C20H27N5/c1-14-15(2)22-20(23-19(14)24-11-8-18(21)9-12-24)25-10-7-16-5-3-4-6-17(16)13-25/h3-6,18H,7-13,21H2,1-2H3. The number of hydrogen-bond donors (Lipinski definition) is 1. The predicted octanol–water partition coefficient (Wildman–Crippen LogP) is 2.58. The first kappa shape index (κ1) is 16.3. The molecular weight excluding hydrogens is 310 g/mol. The molecule has 1 aromatic carbocycles. The Hall–Kier alpha value is -2.14. The van der Waals surface area contributed by atoms with Crippen LogP contribution in [0.3, 0.4) is 0 Å². The Labute approximate surface area is 149 Å². The van der Waals surface area contributed by atoms with Crippen molar-refractivity contribution in [2.24, 2.45) is 5.73 Å². The fourth-order valence-electron chi connectivity index (χ4n) is 3.83. The van der Waals surface area contributed by atoms with Gasteiger partial charge in [0.2, 0.25) is 5.95 Å².